The number of nitrogens with zero attached hydrogens (tertiary/aromatic N) is 3. The minimum Gasteiger partial charge on any atom is -0.436 e. The third-order valence-corrected chi connectivity index (χ3v) is 5.02. The first-order valence-electron chi connectivity index (χ1n) is 8.95. The van der Waals surface area contributed by atoms with Gasteiger partial charge < -0.3 is 9.32 Å². The summed E-state index contributed by atoms with van der Waals surface area (Å²) in [5.74, 6) is -0.736. The molecule has 4 rings (SSSR count). The molecule has 0 spiro atoms. The summed E-state index contributed by atoms with van der Waals surface area (Å²) < 4.78 is 58.6. The summed E-state index contributed by atoms with van der Waals surface area (Å²) in [5.41, 5.74) is 1.44. The van der Waals surface area contributed by atoms with Gasteiger partial charge in [-0.2, -0.15) is 13.2 Å². The molecule has 0 bridgehead atoms. The van der Waals surface area contributed by atoms with Gasteiger partial charge in [-0.15, -0.1) is 0 Å². The lowest BCUT2D eigenvalue weighted by Gasteiger charge is -2.40. The molecule has 0 saturated carbocycles. The van der Waals surface area contributed by atoms with E-state index < -0.39 is 30.5 Å². The van der Waals surface area contributed by atoms with Gasteiger partial charge >= 0.3 is 6.18 Å². The van der Waals surface area contributed by atoms with E-state index >= 15 is 0 Å². The van der Waals surface area contributed by atoms with E-state index in [0.717, 1.165) is 0 Å². The summed E-state index contributed by atoms with van der Waals surface area (Å²) in [6.45, 7) is -0.0939. The van der Waals surface area contributed by atoms with Gasteiger partial charge in [-0.05, 0) is 43.4 Å². The summed E-state index contributed by atoms with van der Waals surface area (Å²) >= 11 is 0. The average Bonchev–Trinajstić information content (AvgIpc) is 3.10. The van der Waals surface area contributed by atoms with Crippen LogP contribution in [0.1, 0.15) is 10.4 Å². The molecule has 1 atom stereocenters. The number of halogens is 4. The van der Waals surface area contributed by atoms with Crippen molar-refractivity contribution in [2.75, 3.05) is 26.7 Å². The van der Waals surface area contributed by atoms with Crippen molar-refractivity contribution in [3.63, 3.8) is 0 Å². The standard InChI is InChI=1S/C20H17F4N3O2/c1-26-7-8-27(11-17(26)20(22,23)24)19(28)13-5-6-16-15(10-13)25-18(29-16)12-3-2-4-14(21)9-12/h2-6,9-10,17H,7-8,11H2,1H3. The van der Waals surface area contributed by atoms with Gasteiger partial charge in [-0.1, -0.05) is 6.07 Å². The number of alkyl halides is 3. The van der Waals surface area contributed by atoms with Crippen LogP contribution in [-0.4, -0.2) is 59.6 Å². The molecule has 0 N–H and O–H groups in total. The number of oxazole rings is 1. The number of aromatic nitrogens is 1. The number of fused-ring (bicyclic) bond motifs is 1. The van der Waals surface area contributed by atoms with Crippen molar-refractivity contribution in [1.29, 1.82) is 0 Å². The van der Waals surface area contributed by atoms with Gasteiger partial charge in [0.05, 0.1) is 0 Å². The molecule has 2 heterocycles. The van der Waals surface area contributed by atoms with Crippen molar-refractivity contribution >= 4 is 17.0 Å². The van der Waals surface area contributed by atoms with Gasteiger partial charge in [-0.25, -0.2) is 9.37 Å². The van der Waals surface area contributed by atoms with Gasteiger partial charge in [0.1, 0.15) is 17.4 Å². The highest BCUT2D eigenvalue weighted by molar-refractivity contribution is 5.97. The van der Waals surface area contributed by atoms with Gasteiger partial charge in [0.25, 0.3) is 5.91 Å². The van der Waals surface area contributed by atoms with E-state index in [1.807, 2.05) is 0 Å². The number of hydrogen-bond donors (Lipinski definition) is 0. The third-order valence-electron chi connectivity index (χ3n) is 5.02. The second-order valence-electron chi connectivity index (χ2n) is 7.00. The van der Waals surface area contributed by atoms with Crippen LogP contribution in [-0.2, 0) is 0 Å². The van der Waals surface area contributed by atoms with E-state index in [0.29, 0.717) is 16.7 Å². The first-order chi connectivity index (χ1) is 13.7. The Morgan fingerprint density at radius 1 is 1.17 bits per heavy atom. The van der Waals surface area contributed by atoms with E-state index in [-0.39, 0.29) is 24.5 Å². The summed E-state index contributed by atoms with van der Waals surface area (Å²) in [7, 11) is 1.40. The lowest BCUT2D eigenvalue weighted by Crippen LogP contribution is -2.58. The first kappa shape index (κ1) is 19.4. The molecule has 1 aliphatic rings. The van der Waals surface area contributed by atoms with E-state index in [1.165, 1.54) is 53.2 Å². The summed E-state index contributed by atoms with van der Waals surface area (Å²) in [4.78, 5) is 19.5. The Labute approximate surface area is 163 Å². The number of carbonyl (C=O) groups is 1. The van der Waals surface area contributed by atoms with E-state index in [1.54, 1.807) is 6.07 Å². The Hall–Kier alpha value is -2.94. The molecule has 5 nitrogen and oxygen atoms in total. The largest absolute Gasteiger partial charge is 0.436 e. The van der Waals surface area contributed by atoms with E-state index in [9.17, 15) is 22.4 Å². The molecule has 1 fully saturated rings. The minimum atomic E-state index is -4.41. The SMILES string of the molecule is CN1CCN(C(=O)c2ccc3oc(-c4cccc(F)c4)nc3c2)CC1C(F)(F)F. The van der Waals surface area contributed by atoms with Crippen molar-refractivity contribution in [2.45, 2.75) is 12.2 Å². The number of hydrogen-bond acceptors (Lipinski definition) is 4. The molecule has 29 heavy (non-hydrogen) atoms. The topological polar surface area (TPSA) is 49.6 Å². The lowest BCUT2D eigenvalue weighted by molar-refractivity contribution is -0.190. The number of piperazine rings is 1. The summed E-state index contributed by atoms with van der Waals surface area (Å²) in [6.07, 6.45) is -4.41. The number of rotatable bonds is 2. The predicted octanol–water partition coefficient (Wildman–Crippen LogP) is 3.95. The summed E-state index contributed by atoms with van der Waals surface area (Å²) in [6, 6.07) is 8.55. The van der Waals surface area contributed by atoms with Crippen LogP contribution in [0.2, 0.25) is 0 Å². The number of amides is 1. The Kier molecular flexibility index (Phi) is 4.77. The maximum Gasteiger partial charge on any atom is 0.405 e. The van der Waals surface area contributed by atoms with E-state index in [2.05, 4.69) is 4.98 Å². The number of likely N-dealkylation sites (N-methyl/N-ethyl adjacent to an activating group) is 1. The summed E-state index contributed by atoms with van der Waals surface area (Å²) in [5, 5.41) is 0. The predicted molar refractivity (Wildman–Crippen MR) is 97.8 cm³/mol. The fraction of sp³-hybridized carbons (Fsp3) is 0.300. The molecule has 0 aliphatic carbocycles. The van der Waals surface area contributed by atoms with Crippen molar-refractivity contribution in [2.24, 2.45) is 0 Å². The van der Waals surface area contributed by atoms with Crippen LogP contribution in [0.4, 0.5) is 17.6 Å². The van der Waals surface area contributed by atoms with Crippen molar-refractivity contribution < 1.29 is 26.8 Å². The van der Waals surface area contributed by atoms with Gasteiger partial charge in [0.15, 0.2) is 5.58 Å². The smallest absolute Gasteiger partial charge is 0.405 e. The Balaban J connectivity index is 1.60. The second-order valence-corrected chi connectivity index (χ2v) is 7.00. The monoisotopic (exact) mass is 407 g/mol. The van der Waals surface area contributed by atoms with Crippen LogP contribution < -0.4 is 0 Å². The number of carbonyl (C=O) groups excluding carboxylic acids is 1. The molecule has 1 amide bonds. The van der Waals surface area contributed by atoms with E-state index in [4.69, 9.17) is 4.42 Å². The minimum absolute atomic E-state index is 0.131. The maximum atomic E-state index is 13.4. The Bertz CT molecular complexity index is 1060. The van der Waals surface area contributed by atoms with Crippen LogP contribution >= 0.6 is 0 Å². The zero-order valence-corrected chi connectivity index (χ0v) is 15.4. The highest BCUT2D eigenvalue weighted by Crippen LogP contribution is 2.29. The molecule has 1 aromatic heterocycles. The van der Waals surface area contributed by atoms with Crippen LogP contribution in [0.25, 0.3) is 22.6 Å². The molecule has 1 unspecified atom stereocenters. The van der Waals surface area contributed by atoms with Crippen LogP contribution in [0, 0.1) is 5.82 Å². The van der Waals surface area contributed by atoms with Crippen molar-refractivity contribution in [1.82, 2.24) is 14.8 Å². The van der Waals surface area contributed by atoms with Gasteiger partial charge in [0, 0.05) is 30.8 Å². The molecule has 1 aliphatic heterocycles. The fourth-order valence-electron chi connectivity index (χ4n) is 3.40. The highest BCUT2D eigenvalue weighted by atomic mass is 19.4. The quantitative estimate of drug-likeness (QED) is 0.604. The Morgan fingerprint density at radius 2 is 1.97 bits per heavy atom. The molecular weight excluding hydrogens is 390 g/mol. The maximum absolute atomic E-state index is 13.4. The average molecular weight is 407 g/mol. The zero-order valence-electron chi connectivity index (χ0n) is 15.4. The highest BCUT2D eigenvalue weighted by Gasteiger charge is 2.46. The van der Waals surface area contributed by atoms with Crippen LogP contribution in [0.5, 0.6) is 0 Å². The van der Waals surface area contributed by atoms with Crippen molar-refractivity contribution in [3.8, 4) is 11.5 Å². The van der Waals surface area contributed by atoms with Crippen molar-refractivity contribution in [3.05, 3.63) is 53.8 Å². The second kappa shape index (κ2) is 7.14. The van der Waals surface area contributed by atoms with Crippen LogP contribution in [0.15, 0.2) is 46.9 Å². The molecule has 2 aromatic carbocycles. The Morgan fingerprint density at radius 3 is 2.69 bits per heavy atom. The molecule has 152 valence electrons. The third kappa shape index (κ3) is 3.82. The molecule has 0 radical (unpaired) electrons. The number of benzene rings is 2. The van der Waals surface area contributed by atoms with Gasteiger partial charge in [0.2, 0.25) is 5.89 Å². The molecule has 3 aromatic rings. The van der Waals surface area contributed by atoms with Crippen LogP contribution in [0.3, 0.4) is 0 Å². The first-order valence-corrected chi connectivity index (χ1v) is 8.95. The normalized spacial score (nSPS) is 18.4. The molecule has 1 saturated heterocycles. The lowest BCUT2D eigenvalue weighted by atomic mass is 10.1. The zero-order chi connectivity index (χ0) is 20.8. The molecule has 9 heteroatoms. The molecular formula is C20H17F4N3O2. The van der Waals surface area contributed by atoms with Gasteiger partial charge in [-0.3, -0.25) is 9.69 Å². The fourth-order valence-corrected chi connectivity index (χ4v) is 3.40.